The van der Waals surface area contributed by atoms with Crippen LogP contribution in [0.15, 0.2) is 17.8 Å². The van der Waals surface area contributed by atoms with E-state index in [0.717, 1.165) is 29.2 Å². The highest BCUT2D eigenvalue weighted by atomic mass is 15.3. The summed E-state index contributed by atoms with van der Waals surface area (Å²) in [6, 6.07) is 0. The summed E-state index contributed by atoms with van der Waals surface area (Å²) in [4.78, 5) is 8.78. The van der Waals surface area contributed by atoms with Crippen LogP contribution < -0.4 is 5.32 Å². The number of aromatic nitrogens is 4. The van der Waals surface area contributed by atoms with E-state index in [1.807, 2.05) is 14.0 Å². The van der Waals surface area contributed by atoms with Gasteiger partial charge in [0.25, 0.3) is 0 Å². The van der Waals surface area contributed by atoms with Crippen LogP contribution in [-0.4, -0.2) is 26.3 Å². The Hall–Kier alpha value is -1.91. The predicted octanol–water partition coefficient (Wildman–Crippen LogP) is 2.05. The van der Waals surface area contributed by atoms with Gasteiger partial charge in [0.1, 0.15) is 11.6 Å². The standard InChI is InChI=1S/C12H17N5/c1-8(2)5-6-13-11-10-7-14-17(4)12(10)16-9(3)15-11/h5,7H,6H2,1-4H3,(H,13,15,16). The third-order valence-corrected chi connectivity index (χ3v) is 2.48. The first kappa shape index (κ1) is 11.6. The van der Waals surface area contributed by atoms with Gasteiger partial charge in [-0.2, -0.15) is 5.10 Å². The smallest absolute Gasteiger partial charge is 0.163 e. The second-order valence-electron chi connectivity index (χ2n) is 4.29. The number of fused-ring (bicyclic) bond motifs is 1. The second-order valence-corrected chi connectivity index (χ2v) is 4.29. The molecule has 0 saturated carbocycles. The molecule has 0 amide bonds. The first-order valence-corrected chi connectivity index (χ1v) is 5.61. The lowest BCUT2D eigenvalue weighted by atomic mass is 10.3. The maximum absolute atomic E-state index is 4.41. The largest absolute Gasteiger partial charge is 0.366 e. The van der Waals surface area contributed by atoms with Crippen LogP contribution in [0.4, 0.5) is 5.82 Å². The Morgan fingerprint density at radius 1 is 1.41 bits per heavy atom. The minimum atomic E-state index is 0.751. The lowest BCUT2D eigenvalue weighted by Crippen LogP contribution is -2.04. The summed E-state index contributed by atoms with van der Waals surface area (Å²) < 4.78 is 1.76. The zero-order valence-corrected chi connectivity index (χ0v) is 10.7. The normalized spacial score (nSPS) is 10.6. The van der Waals surface area contributed by atoms with Crippen molar-refractivity contribution in [2.24, 2.45) is 7.05 Å². The summed E-state index contributed by atoms with van der Waals surface area (Å²) in [5, 5.41) is 8.45. The van der Waals surface area contributed by atoms with Crippen molar-refractivity contribution in [3.63, 3.8) is 0 Å². The topological polar surface area (TPSA) is 55.6 Å². The molecule has 2 heterocycles. The van der Waals surface area contributed by atoms with Gasteiger partial charge in [0.2, 0.25) is 0 Å². The lowest BCUT2D eigenvalue weighted by molar-refractivity contribution is 0.783. The average molecular weight is 231 g/mol. The Morgan fingerprint density at radius 3 is 2.88 bits per heavy atom. The van der Waals surface area contributed by atoms with E-state index in [9.17, 15) is 0 Å². The summed E-state index contributed by atoms with van der Waals surface area (Å²) in [6.07, 6.45) is 3.92. The van der Waals surface area contributed by atoms with Gasteiger partial charge >= 0.3 is 0 Å². The van der Waals surface area contributed by atoms with Gasteiger partial charge in [-0.3, -0.25) is 4.68 Å². The van der Waals surface area contributed by atoms with Crippen molar-refractivity contribution in [2.45, 2.75) is 20.8 Å². The molecule has 0 fully saturated rings. The van der Waals surface area contributed by atoms with E-state index in [0.29, 0.717) is 0 Å². The Bertz CT molecular complexity index is 564. The minimum absolute atomic E-state index is 0.751. The molecule has 0 unspecified atom stereocenters. The van der Waals surface area contributed by atoms with Crippen LogP contribution in [0.1, 0.15) is 19.7 Å². The first-order chi connectivity index (χ1) is 8.08. The van der Waals surface area contributed by atoms with Crippen molar-refractivity contribution in [3.8, 4) is 0 Å². The molecule has 2 aromatic rings. The number of allylic oxidation sites excluding steroid dienone is 1. The lowest BCUT2D eigenvalue weighted by Gasteiger charge is -2.05. The molecule has 5 heteroatoms. The molecular formula is C12H17N5. The van der Waals surface area contributed by atoms with Crippen molar-refractivity contribution in [3.05, 3.63) is 23.7 Å². The summed E-state index contributed by atoms with van der Waals surface area (Å²) in [5.41, 5.74) is 2.14. The fourth-order valence-corrected chi connectivity index (χ4v) is 1.62. The molecule has 1 N–H and O–H groups in total. The molecule has 2 aromatic heterocycles. The SMILES string of the molecule is CC(C)=CCNc1nc(C)nc2c1cnn2C. The summed E-state index contributed by atoms with van der Waals surface area (Å²) >= 11 is 0. The maximum atomic E-state index is 4.41. The Morgan fingerprint density at radius 2 is 2.18 bits per heavy atom. The molecule has 0 aromatic carbocycles. The number of aryl methyl sites for hydroxylation is 2. The third-order valence-electron chi connectivity index (χ3n) is 2.48. The van der Waals surface area contributed by atoms with Crippen molar-refractivity contribution in [2.75, 3.05) is 11.9 Å². The van der Waals surface area contributed by atoms with Gasteiger partial charge in [0.05, 0.1) is 11.6 Å². The number of hydrogen-bond donors (Lipinski definition) is 1. The molecule has 0 aliphatic rings. The summed E-state index contributed by atoms with van der Waals surface area (Å²) in [5.74, 6) is 1.60. The molecule has 0 aliphatic heterocycles. The van der Waals surface area contributed by atoms with Crippen molar-refractivity contribution in [1.82, 2.24) is 19.7 Å². The molecule has 17 heavy (non-hydrogen) atoms. The van der Waals surface area contributed by atoms with Crippen LogP contribution in [0.2, 0.25) is 0 Å². The molecule has 90 valence electrons. The minimum Gasteiger partial charge on any atom is -0.366 e. The van der Waals surface area contributed by atoms with Crippen LogP contribution in [0.5, 0.6) is 0 Å². The number of nitrogens with one attached hydrogen (secondary N) is 1. The molecule has 0 atom stereocenters. The summed E-state index contributed by atoms with van der Waals surface area (Å²) in [6.45, 7) is 6.81. The Balaban J connectivity index is 2.36. The van der Waals surface area contributed by atoms with Gasteiger partial charge in [-0.25, -0.2) is 9.97 Å². The Kier molecular flexibility index (Phi) is 3.08. The number of anilines is 1. The molecule has 0 saturated heterocycles. The van der Waals surface area contributed by atoms with Crippen LogP contribution in [0.25, 0.3) is 11.0 Å². The highest BCUT2D eigenvalue weighted by Gasteiger charge is 2.08. The van der Waals surface area contributed by atoms with Gasteiger partial charge in [-0.15, -0.1) is 0 Å². The van der Waals surface area contributed by atoms with E-state index in [2.05, 4.69) is 40.3 Å². The zero-order valence-electron chi connectivity index (χ0n) is 10.7. The van der Waals surface area contributed by atoms with E-state index < -0.39 is 0 Å². The molecule has 0 radical (unpaired) electrons. The van der Waals surface area contributed by atoms with E-state index in [-0.39, 0.29) is 0 Å². The Labute approximate surface area is 101 Å². The molecular weight excluding hydrogens is 214 g/mol. The molecule has 5 nitrogen and oxygen atoms in total. The van der Waals surface area contributed by atoms with E-state index in [4.69, 9.17) is 0 Å². The van der Waals surface area contributed by atoms with E-state index in [1.165, 1.54) is 5.57 Å². The van der Waals surface area contributed by atoms with E-state index in [1.54, 1.807) is 10.9 Å². The van der Waals surface area contributed by atoms with Gasteiger partial charge in [-0.1, -0.05) is 11.6 Å². The van der Waals surface area contributed by atoms with Crippen LogP contribution >= 0.6 is 0 Å². The number of nitrogens with zero attached hydrogens (tertiary/aromatic N) is 4. The van der Waals surface area contributed by atoms with Crippen LogP contribution in [0, 0.1) is 6.92 Å². The molecule has 0 spiro atoms. The second kappa shape index (κ2) is 4.53. The first-order valence-electron chi connectivity index (χ1n) is 5.61. The highest BCUT2D eigenvalue weighted by Crippen LogP contribution is 2.18. The monoisotopic (exact) mass is 231 g/mol. The third kappa shape index (κ3) is 2.43. The van der Waals surface area contributed by atoms with Gasteiger partial charge < -0.3 is 5.32 Å². The van der Waals surface area contributed by atoms with Gasteiger partial charge in [0.15, 0.2) is 5.65 Å². The highest BCUT2D eigenvalue weighted by molar-refractivity contribution is 5.86. The maximum Gasteiger partial charge on any atom is 0.163 e. The predicted molar refractivity (Wildman–Crippen MR) is 69.0 cm³/mol. The fraction of sp³-hybridized carbons (Fsp3) is 0.417. The number of hydrogen-bond acceptors (Lipinski definition) is 4. The van der Waals surface area contributed by atoms with Gasteiger partial charge in [0, 0.05) is 13.6 Å². The van der Waals surface area contributed by atoms with Crippen molar-refractivity contribution < 1.29 is 0 Å². The van der Waals surface area contributed by atoms with Crippen molar-refractivity contribution >= 4 is 16.9 Å². The number of rotatable bonds is 3. The zero-order chi connectivity index (χ0) is 12.4. The fourth-order valence-electron chi connectivity index (χ4n) is 1.62. The van der Waals surface area contributed by atoms with E-state index >= 15 is 0 Å². The van der Waals surface area contributed by atoms with Crippen LogP contribution in [-0.2, 0) is 7.05 Å². The molecule has 2 rings (SSSR count). The molecule has 0 aliphatic carbocycles. The van der Waals surface area contributed by atoms with Gasteiger partial charge in [-0.05, 0) is 20.8 Å². The average Bonchev–Trinajstić information content (AvgIpc) is 2.60. The quantitative estimate of drug-likeness (QED) is 0.821. The van der Waals surface area contributed by atoms with Crippen molar-refractivity contribution in [1.29, 1.82) is 0 Å². The summed E-state index contributed by atoms with van der Waals surface area (Å²) in [7, 11) is 1.88. The van der Waals surface area contributed by atoms with Crippen LogP contribution in [0.3, 0.4) is 0 Å². The molecule has 0 bridgehead atoms.